The Labute approximate surface area is 138 Å². The summed E-state index contributed by atoms with van der Waals surface area (Å²) < 4.78 is 3.47. The van der Waals surface area contributed by atoms with Crippen LogP contribution in [0.25, 0.3) is 5.69 Å². The molecule has 24 heavy (non-hydrogen) atoms. The highest BCUT2D eigenvalue weighted by Crippen LogP contribution is 2.25. The number of hydrogen-bond acceptors (Lipinski definition) is 5. The van der Waals surface area contributed by atoms with E-state index in [1.54, 1.807) is 25.3 Å². The third-order valence-electron chi connectivity index (χ3n) is 3.85. The molecule has 0 aliphatic rings. The topological polar surface area (TPSA) is 91.1 Å². The first-order chi connectivity index (χ1) is 11.5. The van der Waals surface area contributed by atoms with Crippen molar-refractivity contribution in [2.24, 2.45) is 5.10 Å². The molecule has 1 aromatic carbocycles. The summed E-state index contributed by atoms with van der Waals surface area (Å²) in [4.78, 5) is 10.8. The first-order valence-electron chi connectivity index (χ1n) is 7.30. The molecule has 8 nitrogen and oxygen atoms in total. The number of rotatable bonds is 4. The lowest BCUT2D eigenvalue weighted by atomic mass is 10.2. The Morgan fingerprint density at radius 3 is 2.54 bits per heavy atom. The Kier molecular flexibility index (Phi) is 3.95. The van der Waals surface area contributed by atoms with Gasteiger partial charge in [-0.1, -0.05) is 6.07 Å². The molecule has 0 N–H and O–H groups in total. The lowest BCUT2D eigenvalue weighted by Gasteiger charge is -2.10. The molecule has 0 atom stereocenters. The Hall–Kier alpha value is -3.29. The molecule has 8 heteroatoms. The fourth-order valence-corrected chi connectivity index (χ4v) is 2.63. The summed E-state index contributed by atoms with van der Waals surface area (Å²) in [7, 11) is 0. The van der Waals surface area contributed by atoms with Crippen molar-refractivity contribution in [1.29, 1.82) is 0 Å². The Balaban J connectivity index is 2.03. The van der Waals surface area contributed by atoms with E-state index in [0.29, 0.717) is 5.56 Å². The van der Waals surface area contributed by atoms with Gasteiger partial charge in [0, 0.05) is 28.6 Å². The molecule has 3 aromatic rings. The molecule has 0 unspecified atom stereocenters. The number of nitro benzene ring substituents is 1. The van der Waals surface area contributed by atoms with Crippen LogP contribution in [-0.4, -0.2) is 30.6 Å². The molecule has 0 radical (unpaired) electrons. The van der Waals surface area contributed by atoms with Crippen molar-refractivity contribution in [2.45, 2.75) is 20.8 Å². The van der Waals surface area contributed by atoms with Crippen LogP contribution in [-0.2, 0) is 0 Å². The van der Waals surface area contributed by atoms with Crippen LogP contribution in [0.5, 0.6) is 0 Å². The predicted octanol–water partition coefficient (Wildman–Crippen LogP) is 2.78. The zero-order chi connectivity index (χ0) is 17.3. The Morgan fingerprint density at radius 1 is 1.17 bits per heavy atom. The zero-order valence-corrected chi connectivity index (χ0v) is 13.5. The molecule has 0 saturated carbocycles. The average molecular weight is 324 g/mol. The minimum atomic E-state index is -0.360. The summed E-state index contributed by atoms with van der Waals surface area (Å²) in [6.07, 6.45) is 4.71. The third-order valence-corrected chi connectivity index (χ3v) is 3.85. The smallest absolute Gasteiger partial charge is 0.274 e. The number of benzene rings is 1. The highest BCUT2D eigenvalue weighted by molar-refractivity contribution is 5.82. The first-order valence-corrected chi connectivity index (χ1v) is 7.30. The Bertz CT molecular complexity index is 924. The highest BCUT2D eigenvalue weighted by Gasteiger charge is 2.15. The lowest BCUT2D eigenvalue weighted by Crippen LogP contribution is -2.02. The van der Waals surface area contributed by atoms with Gasteiger partial charge in [-0.3, -0.25) is 10.1 Å². The number of aryl methyl sites for hydroxylation is 2. The van der Waals surface area contributed by atoms with Crippen molar-refractivity contribution in [2.75, 3.05) is 0 Å². The van der Waals surface area contributed by atoms with E-state index in [4.69, 9.17) is 0 Å². The third kappa shape index (κ3) is 2.81. The fourth-order valence-electron chi connectivity index (χ4n) is 2.63. The fraction of sp³-hybridized carbons (Fsp3) is 0.188. The molecule has 0 saturated heterocycles. The van der Waals surface area contributed by atoms with Crippen molar-refractivity contribution in [3.63, 3.8) is 0 Å². The monoisotopic (exact) mass is 324 g/mol. The molecule has 0 spiro atoms. The minimum Gasteiger partial charge on any atom is -0.318 e. The molecule has 3 rings (SSSR count). The van der Waals surface area contributed by atoms with Crippen molar-refractivity contribution in [3.05, 3.63) is 69.5 Å². The molecular formula is C16H16N6O2. The number of hydrogen-bond donors (Lipinski definition) is 0. The van der Waals surface area contributed by atoms with Crippen molar-refractivity contribution < 1.29 is 4.92 Å². The van der Waals surface area contributed by atoms with Crippen molar-refractivity contribution in [3.8, 4) is 5.69 Å². The van der Waals surface area contributed by atoms with Crippen LogP contribution in [0.1, 0.15) is 22.5 Å². The number of aromatic nitrogens is 4. The molecule has 0 aliphatic carbocycles. The van der Waals surface area contributed by atoms with Crippen LogP contribution in [0.4, 0.5) is 5.69 Å². The van der Waals surface area contributed by atoms with Gasteiger partial charge in [0.15, 0.2) is 0 Å². The van der Waals surface area contributed by atoms with E-state index >= 15 is 0 Å². The molecular weight excluding hydrogens is 308 g/mol. The van der Waals surface area contributed by atoms with Crippen LogP contribution in [0.3, 0.4) is 0 Å². The standard InChI is InChI=1S/C16H16N6O2/c1-11-4-5-15(7-16(11)22(23)24)21-12(2)6-14(13(21)3)8-19-20-9-17-18-10-20/h4-10H,1-3H3/b19-8-. The van der Waals surface area contributed by atoms with E-state index in [1.165, 1.54) is 17.3 Å². The van der Waals surface area contributed by atoms with Crippen molar-refractivity contribution >= 4 is 11.9 Å². The van der Waals surface area contributed by atoms with Gasteiger partial charge in [0.25, 0.3) is 5.69 Å². The molecule has 2 aromatic heterocycles. The van der Waals surface area contributed by atoms with E-state index in [1.807, 2.05) is 30.5 Å². The van der Waals surface area contributed by atoms with Crippen molar-refractivity contribution in [1.82, 2.24) is 19.4 Å². The van der Waals surface area contributed by atoms with Gasteiger partial charge < -0.3 is 4.57 Å². The van der Waals surface area contributed by atoms with E-state index in [-0.39, 0.29) is 10.6 Å². The van der Waals surface area contributed by atoms with Crippen LogP contribution < -0.4 is 0 Å². The molecule has 122 valence electrons. The van der Waals surface area contributed by atoms with Gasteiger partial charge >= 0.3 is 0 Å². The second-order valence-corrected chi connectivity index (χ2v) is 5.48. The zero-order valence-electron chi connectivity index (χ0n) is 13.5. The lowest BCUT2D eigenvalue weighted by molar-refractivity contribution is -0.385. The van der Waals surface area contributed by atoms with Gasteiger partial charge in [0.2, 0.25) is 0 Å². The summed E-state index contributed by atoms with van der Waals surface area (Å²) >= 11 is 0. The van der Waals surface area contributed by atoms with Crippen LogP contribution >= 0.6 is 0 Å². The van der Waals surface area contributed by atoms with Gasteiger partial charge in [-0.2, -0.15) is 5.10 Å². The largest absolute Gasteiger partial charge is 0.318 e. The Morgan fingerprint density at radius 2 is 1.88 bits per heavy atom. The van der Waals surface area contributed by atoms with Gasteiger partial charge in [-0.05, 0) is 32.9 Å². The number of nitro groups is 1. The molecule has 0 amide bonds. The van der Waals surface area contributed by atoms with Gasteiger partial charge in [-0.15, -0.1) is 10.2 Å². The first kappa shape index (κ1) is 15.6. The second kappa shape index (κ2) is 6.07. The summed E-state index contributed by atoms with van der Waals surface area (Å²) in [6.45, 7) is 5.63. The molecule has 2 heterocycles. The average Bonchev–Trinajstić information content (AvgIpc) is 3.14. The normalized spacial score (nSPS) is 11.3. The highest BCUT2D eigenvalue weighted by atomic mass is 16.6. The van der Waals surface area contributed by atoms with E-state index < -0.39 is 0 Å². The summed E-state index contributed by atoms with van der Waals surface area (Å²) in [5.41, 5.74) is 4.34. The maximum absolute atomic E-state index is 11.2. The van der Waals surface area contributed by atoms with E-state index in [0.717, 1.165) is 22.6 Å². The van der Waals surface area contributed by atoms with E-state index in [2.05, 4.69) is 15.3 Å². The summed E-state index contributed by atoms with van der Waals surface area (Å²) in [6, 6.07) is 7.21. The maximum atomic E-state index is 11.2. The molecule has 0 aliphatic heterocycles. The minimum absolute atomic E-state index is 0.111. The van der Waals surface area contributed by atoms with Crippen LogP contribution in [0, 0.1) is 30.9 Å². The maximum Gasteiger partial charge on any atom is 0.274 e. The SMILES string of the molecule is Cc1ccc(-n2c(C)cc(/C=N\n3cnnc3)c2C)cc1[N+](=O)[O-]. The summed E-state index contributed by atoms with van der Waals surface area (Å²) in [5, 5.41) is 22.8. The summed E-state index contributed by atoms with van der Waals surface area (Å²) in [5.74, 6) is 0. The van der Waals surface area contributed by atoms with Crippen LogP contribution in [0.2, 0.25) is 0 Å². The van der Waals surface area contributed by atoms with Gasteiger partial charge in [0.05, 0.1) is 16.8 Å². The quantitative estimate of drug-likeness (QED) is 0.419. The molecule has 0 fully saturated rings. The van der Waals surface area contributed by atoms with E-state index in [9.17, 15) is 10.1 Å². The van der Waals surface area contributed by atoms with Gasteiger partial charge in [-0.25, -0.2) is 4.68 Å². The second-order valence-electron chi connectivity index (χ2n) is 5.48. The number of nitrogens with zero attached hydrogens (tertiary/aromatic N) is 6. The predicted molar refractivity (Wildman–Crippen MR) is 89.6 cm³/mol. The van der Waals surface area contributed by atoms with Crippen LogP contribution in [0.15, 0.2) is 42.0 Å². The molecule has 0 bridgehead atoms. The van der Waals surface area contributed by atoms with Gasteiger partial charge in [0.1, 0.15) is 12.7 Å².